The summed E-state index contributed by atoms with van der Waals surface area (Å²) in [4.78, 5) is 49.9. The molecule has 0 bridgehead atoms. The summed E-state index contributed by atoms with van der Waals surface area (Å²) >= 11 is 8.84. The van der Waals surface area contributed by atoms with Gasteiger partial charge < -0.3 is 0 Å². The fraction of sp³-hybridized carbons (Fsp3) is 0.692. The van der Waals surface area contributed by atoms with E-state index in [0.717, 1.165) is 0 Å². The van der Waals surface area contributed by atoms with Crippen molar-refractivity contribution in [3.05, 3.63) is 33.4 Å². The molecule has 0 fully saturated rings. The fourth-order valence-electron chi connectivity index (χ4n) is 4.28. The van der Waals surface area contributed by atoms with Crippen molar-refractivity contribution in [2.75, 3.05) is 0 Å². The lowest BCUT2D eigenvalue weighted by Crippen LogP contribution is -2.30. The maximum absolute atomic E-state index is 12.5. The van der Waals surface area contributed by atoms with Gasteiger partial charge in [0.2, 0.25) is 0 Å². The first-order valence-corrected chi connectivity index (χ1v) is 13.6. The van der Waals surface area contributed by atoms with Crippen molar-refractivity contribution in [3.8, 4) is 0 Å². The number of aryl methyl sites for hydroxylation is 2. The second kappa shape index (κ2) is 12.5. The van der Waals surface area contributed by atoms with Crippen molar-refractivity contribution >= 4 is 36.8 Å². The Kier molecular flexibility index (Phi) is 10.5. The number of imidazole rings is 2. The van der Waals surface area contributed by atoms with E-state index in [-0.39, 0.29) is 46.6 Å². The zero-order valence-corrected chi connectivity index (χ0v) is 24.3. The quantitative estimate of drug-likeness (QED) is 0.328. The summed E-state index contributed by atoms with van der Waals surface area (Å²) in [5.74, 6) is 0.125. The van der Waals surface area contributed by atoms with Gasteiger partial charge in [-0.05, 0) is 37.5 Å². The first-order chi connectivity index (χ1) is 16.7. The number of carbonyl (C=O) groups excluding carboxylic acids is 2. The molecule has 0 aliphatic rings. The maximum Gasteiger partial charge on any atom is 0.329 e. The van der Waals surface area contributed by atoms with Crippen LogP contribution in [0, 0.1) is 10.8 Å². The van der Waals surface area contributed by atoms with Crippen LogP contribution in [0.15, 0.2) is 32.0 Å². The highest BCUT2D eigenvalue weighted by atomic mass is 32.1. The number of hydrogen-bond donors (Lipinski definition) is 2. The monoisotopic (exact) mass is 538 g/mol. The van der Waals surface area contributed by atoms with Crippen molar-refractivity contribution < 1.29 is 9.59 Å². The molecule has 0 radical (unpaired) electrons. The van der Waals surface area contributed by atoms with Crippen LogP contribution in [0.4, 0.5) is 0 Å². The third kappa shape index (κ3) is 8.30. The van der Waals surface area contributed by atoms with E-state index in [4.69, 9.17) is 0 Å². The van der Waals surface area contributed by atoms with E-state index in [1.165, 1.54) is 0 Å². The molecule has 0 saturated heterocycles. The Morgan fingerprint density at radius 3 is 1.31 bits per heavy atom. The number of thiol groups is 2. The third-order valence-corrected chi connectivity index (χ3v) is 7.46. The molecular weight excluding hydrogens is 496 g/mol. The average molecular weight is 539 g/mol. The smallest absolute Gasteiger partial charge is 0.300 e. The van der Waals surface area contributed by atoms with Crippen LogP contribution < -0.4 is 11.4 Å². The number of aromatic nitrogens is 4. The standard InChI is InChI=1S/C26H42N4O4S2/c1-7-27-15-21(35)29(23(27)33)17-25(3,4)13-11-19(31)9-10-20(32)12-14-26(5,6)18-30-22(36)16-28(8-2)24(30)34/h15-16,35-36H,7-14,17-18H2,1-6H3. The summed E-state index contributed by atoms with van der Waals surface area (Å²) in [7, 11) is 0. The average Bonchev–Trinajstić information content (AvgIpc) is 3.23. The van der Waals surface area contributed by atoms with Gasteiger partial charge in [-0.25, -0.2) is 9.59 Å². The third-order valence-electron chi connectivity index (χ3n) is 6.75. The maximum atomic E-state index is 12.5. The normalized spacial score (nSPS) is 12.3. The SMILES string of the molecule is CCn1cc(S)n(CC(C)(C)CCC(=O)CCC(=O)CCC(C)(C)Cn2c(S)cn(CC)c2=O)c1=O. The molecule has 0 spiro atoms. The largest absolute Gasteiger partial charge is 0.329 e. The van der Waals surface area contributed by atoms with Crippen molar-refractivity contribution in [2.24, 2.45) is 10.8 Å². The van der Waals surface area contributed by atoms with Gasteiger partial charge in [0.25, 0.3) is 0 Å². The van der Waals surface area contributed by atoms with Crippen molar-refractivity contribution in [1.82, 2.24) is 18.3 Å². The summed E-state index contributed by atoms with van der Waals surface area (Å²) in [5, 5.41) is 1.24. The second-order valence-electron chi connectivity index (χ2n) is 11.2. The Hall–Kier alpha value is -1.94. The minimum atomic E-state index is -0.258. The topological polar surface area (TPSA) is 88.0 Å². The first-order valence-electron chi connectivity index (χ1n) is 12.7. The summed E-state index contributed by atoms with van der Waals surface area (Å²) in [6.07, 6.45) is 5.94. The number of carbonyl (C=O) groups is 2. The lowest BCUT2D eigenvalue weighted by Gasteiger charge is -2.25. The highest BCUT2D eigenvalue weighted by Gasteiger charge is 2.25. The Labute approximate surface area is 224 Å². The summed E-state index contributed by atoms with van der Waals surface area (Å²) in [5.41, 5.74) is -0.695. The predicted octanol–water partition coefficient (Wildman–Crippen LogP) is 4.46. The highest BCUT2D eigenvalue weighted by molar-refractivity contribution is 7.80. The molecule has 0 aromatic carbocycles. The Morgan fingerprint density at radius 1 is 0.694 bits per heavy atom. The predicted molar refractivity (Wildman–Crippen MR) is 149 cm³/mol. The lowest BCUT2D eigenvalue weighted by molar-refractivity contribution is -0.124. The lowest BCUT2D eigenvalue weighted by atomic mass is 9.85. The zero-order chi connectivity index (χ0) is 27.3. The van der Waals surface area contributed by atoms with E-state index >= 15 is 0 Å². The van der Waals surface area contributed by atoms with Crippen LogP contribution in [-0.4, -0.2) is 29.8 Å². The minimum Gasteiger partial charge on any atom is -0.300 e. The molecule has 0 aliphatic heterocycles. The Bertz CT molecular complexity index is 1090. The number of ketones is 2. The molecule has 0 N–H and O–H groups in total. The number of Topliss-reactive ketones (excluding diaryl/α,β-unsaturated/α-hetero) is 2. The molecule has 2 heterocycles. The van der Waals surface area contributed by atoms with Crippen molar-refractivity contribution in [2.45, 2.75) is 116 Å². The fourth-order valence-corrected chi connectivity index (χ4v) is 4.87. The molecule has 8 nitrogen and oxygen atoms in total. The highest BCUT2D eigenvalue weighted by Crippen LogP contribution is 2.28. The van der Waals surface area contributed by atoms with E-state index in [9.17, 15) is 19.2 Å². The molecule has 2 rings (SSSR count). The van der Waals surface area contributed by atoms with Gasteiger partial charge in [0.1, 0.15) is 11.6 Å². The summed E-state index contributed by atoms with van der Waals surface area (Å²) in [6.45, 7) is 14.1. The van der Waals surface area contributed by atoms with Gasteiger partial charge in [-0.15, -0.1) is 25.3 Å². The minimum absolute atomic E-state index is 0.0624. The number of hydrogen-bond acceptors (Lipinski definition) is 6. The van der Waals surface area contributed by atoms with Gasteiger partial charge in [-0.3, -0.25) is 27.9 Å². The second-order valence-corrected chi connectivity index (χ2v) is 12.1. The molecule has 0 saturated carbocycles. The van der Waals surface area contributed by atoms with E-state index in [1.807, 2.05) is 41.5 Å². The Morgan fingerprint density at radius 2 is 1.03 bits per heavy atom. The number of nitrogens with zero attached hydrogens (tertiary/aromatic N) is 4. The molecular formula is C26H42N4O4S2. The van der Waals surface area contributed by atoms with E-state index in [2.05, 4.69) is 25.3 Å². The molecule has 2 aromatic rings. The van der Waals surface area contributed by atoms with Crippen LogP contribution in [0.2, 0.25) is 0 Å². The van der Waals surface area contributed by atoms with E-state index in [1.54, 1.807) is 30.7 Å². The molecule has 202 valence electrons. The van der Waals surface area contributed by atoms with Crippen LogP contribution >= 0.6 is 25.3 Å². The van der Waals surface area contributed by atoms with Crippen molar-refractivity contribution in [1.29, 1.82) is 0 Å². The van der Waals surface area contributed by atoms with Crippen molar-refractivity contribution in [3.63, 3.8) is 0 Å². The molecule has 0 unspecified atom stereocenters. The van der Waals surface area contributed by atoms with Gasteiger partial charge >= 0.3 is 11.4 Å². The molecule has 0 amide bonds. The van der Waals surface area contributed by atoms with E-state index < -0.39 is 0 Å². The van der Waals surface area contributed by atoms with Gasteiger partial charge in [0.05, 0.1) is 10.1 Å². The van der Waals surface area contributed by atoms with Crippen LogP contribution in [0.1, 0.15) is 80.1 Å². The first kappa shape index (κ1) is 30.3. The molecule has 10 heteroatoms. The Balaban J connectivity index is 1.79. The summed E-state index contributed by atoms with van der Waals surface area (Å²) in [6, 6.07) is 0. The van der Waals surface area contributed by atoms with Crippen LogP contribution in [0.5, 0.6) is 0 Å². The zero-order valence-electron chi connectivity index (χ0n) is 22.5. The van der Waals surface area contributed by atoms with Gasteiger partial charge in [-0.2, -0.15) is 0 Å². The summed E-state index contributed by atoms with van der Waals surface area (Å²) < 4.78 is 6.52. The molecule has 0 atom stereocenters. The van der Waals surface area contributed by atoms with Gasteiger partial charge in [0, 0.05) is 64.3 Å². The van der Waals surface area contributed by atoms with Crippen LogP contribution in [-0.2, 0) is 35.8 Å². The van der Waals surface area contributed by atoms with Gasteiger partial charge in [0.15, 0.2) is 0 Å². The molecule has 2 aromatic heterocycles. The van der Waals surface area contributed by atoms with E-state index in [0.29, 0.717) is 61.9 Å². The molecule has 36 heavy (non-hydrogen) atoms. The van der Waals surface area contributed by atoms with Crippen LogP contribution in [0.3, 0.4) is 0 Å². The van der Waals surface area contributed by atoms with Gasteiger partial charge in [-0.1, -0.05) is 27.7 Å². The molecule has 0 aliphatic carbocycles. The number of rotatable bonds is 15. The van der Waals surface area contributed by atoms with Crippen LogP contribution in [0.25, 0.3) is 0 Å².